The van der Waals surface area contributed by atoms with Crippen LogP contribution in [0.25, 0.3) is 10.8 Å². The van der Waals surface area contributed by atoms with Crippen molar-refractivity contribution in [2.45, 2.75) is 44.0 Å². The number of aromatic nitrogens is 2. The Bertz CT molecular complexity index is 1520. The van der Waals surface area contributed by atoms with Crippen molar-refractivity contribution in [2.75, 3.05) is 24.4 Å². The number of rotatable bonds is 7. The highest BCUT2D eigenvalue weighted by Gasteiger charge is 2.73. The zero-order valence-corrected chi connectivity index (χ0v) is 21.1. The number of amides is 2. The van der Waals surface area contributed by atoms with Gasteiger partial charge in [-0.2, -0.15) is 10.2 Å². The Morgan fingerprint density at radius 2 is 1.89 bits per heavy atom. The quantitative estimate of drug-likeness (QED) is 0.472. The van der Waals surface area contributed by atoms with Crippen LogP contribution in [0.5, 0.6) is 5.88 Å². The van der Waals surface area contributed by atoms with Crippen molar-refractivity contribution in [1.82, 2.24) is 9.97 Å². The number of ether oxygens (including phenoxy) is 3. The molecule has 6 rings (SSSR count). The normalized spacial score (nSPS) is 27.7. The monoisotopic (exact) mass is 513 g/mol. The number of methoxy groups -OCH3 is 1. The molecule has 3 aliphatic heterocycles. The molecular formula is C28H27N5O5. The van der Waals surface area contributed by atoms with Gasteiger partial charge in [0.15, 0.2) is 0 Å². The number of imide groups is 1. The van der Waals surface area contributed by atoms with Gasteiger partial charge in [-0.05, 0) is 31.9 Å². The summed E-state index contributed by atoms with van der Waals surface area (Å²) in [7, 11) is 1.56. The highest BCUT2D eigenvalue weighted by atomic mass is 16.5. The second-order valence-electron chi connectivity index (χ2n) is 10.3. The van der Waals surface area contributed by atoms with Gasteiger partial charge >= 0.3 is 0 Å². The Labute approximate surface area is 219 Å². The number of nitriles is 1. The van der Waals surface area contributed by atoms with Gasteiger partial charge in [-0.25, -0.2) is 9.88 Å². The van der Waals surface area contributed by atoms with Crippen LogP contribution in [0.3, 0.4) is 0 Å². The van der Waals surface area contributed by atoms with Gasteiger partial charge in [-0.3, -0.25) is 9.59 Å². The summed E-state index contributed by atoms with van der Waals surface area (Å²) in [6.45, 7) is 2.42. The summed E-state index contributed by atoms with van der Waals surface area (Å²) in [4.78, 5) is 37.4. The molecule has 10 nitrogen and oxygen atoms in total. The number of nitrogens with two attached hydrogens (primary N) is 1. The fourth-order valence-corrected chi connectivity index (χ4v) is 6.54. The maximum Gasteiger partial charge on any atom is 0.240 e. The van der Waals surface area contributed by atoms with Crippen LogP contribution in [0.4, 0.5) is 11.6 Å². The minimum Gasteiger partial charge on any atom is -0.477 e. The molecule has 0 spiro atoms. The van der Waals surface area contributed by atoms with E-state index in [1.54, 1.807) is 25.3 Å². The molecule has 3 aliphatic rings. The van der Waals surface area contributed by atoms with Gasteiger partial charge in [0.25, 0.3) is 0 Å². The van der Waals surface area contributed by atoms with Crippen LogP contribution in [-0.2, 0) is 25.7 Å². The predicted molar refractivity (Wildman–Crippen MR) is 137 cm³/mol. The van der Waals surface area contributed by atoms with Gasteiger partial charge in [0.1, 0.15) is 0 Å². The zero-order valence-electron chi connectivity index (χ0n) is 21.1. The molecular weight excluding hydrogens is 486 g/mol. The highest BCUT2D eigenvalue weighted by Crippen LogP contribution is 2.62. The van der Waals surface area contributed by atoms with Crippen molar-refractivity contribution < 1.29 is 23.8 Å². The van der Waals surface area contributed by atoms with Crippen molar-refractivity contribution in [1.29, 1.82) is 5.26 Å². The molecule has 194 valence electrons. The molecule has 3 saturated heterocycles. The number of carbonyl (C=O) groups is 2. The Kier molecular flexibility index (Phi) is 5.59. The molecule has 4 heterocycles. The van der Waals surface area contributed by atoms with Crippen molar-refractivity contribution in [3.8, 4) is 11.9 Å². The molecule has 2 N–H and O–H groups in total. The first kappa shape index (κ1) is 24.3. The zero-order chi connectivity index (χ0) is 26.7. The molecule has 2 bridgehead atoms. The summed E-state index contributed by atoms with van der Waals surface area (Å²) < 4.78 is 17.5. The van der Waals surface area contributed by atoms with Gasteiger partial charge in [-0.1, -0.05) is 24.3 Å². The van der Waals surface area contributed by atoms with Crippen LogP contribution in [-0.4, -0.2) is 46.7 Å². The van der Waals surface area contributed by atoms with E-state index in [4.69, 9.17) is 19.9 Å². The van der Waals surface area contributed by atoms with Crippen LogP contribution in [0.1, 0.15) is 37.4 Å². The lowest BCUT2D eigenvalue weighted by molar-refractivity contribution is -0.131. The topological polar surface area (TPSA) is 141 Å². The summed E-state index contributed by atoms with van der Waals surface area (Å²) in [6.07, 6.45) is 1.73. The van der Waals surface area contributed by atoms with Crippen LogP contribution >= 0.6 is 0 Å². The van der Waals surface area contributed by atoms with E-state index in [0.29, 0.717) is 52.9 Å². The number of hydrogen-bond acceptors (Lipinski definition) is 9. The van der Waals surface area contributed by atoms with Crippen LogP contribution in [0, 0.1) is 23.2 Å². The Balaban J connectivity index is 1.30. The van der Waals surface area contributed by atoms with Crippen LogP contribution < -0.4 is 15.4 Å². The second-order valence-corrected chi connectivity index (χ2v) is 10.3. The molecule has 3 aromatic rings. The van der Waals surface area contributed by atoms with E-state index in [-0.39, 0.29) is 31.0 Å². The number of nitrogen functional groups attached to an aromatic ring is 1. The maximum atomic E-state index is 14.0. The molecule has 0 aliphatic carbocycles. The van der Waals surface area contributed by atoms with Gasteiger partial charge in [0.2, 0.25) is 23.6 Å². The number of nitrogens with zero attached hydrogens (tertiary/aromatic N) is 4. The van der Waals surface area contributed by atoms with E-state index in [2.05, 4.69) is 16.0 Å². The molecule has 2 amide bonds. The van der Waals surface area contributed by atoms with E-state index in [1.807, 2.05) is 31.2 Å². The summed E-state index contributed by atoms with van der Waals surface area (Å²) in [6, 6.07) is 14.5. The van der Waals surface area contributed by atoms with E-state index < -0.39 is 23.0 Å². The van der Waals surface area contributed by atoms with E-state index in [9.17, 15) is 14.9 Å². The van der Waals surface area contributed by atoms with Gasteiger partial charge in [0.05, 0.1) is 59.3 Å². The Hall–Kier alpha value is -4.07. The lowest BCUT2D eigenvalue weighted by Gasteiger charge is -2.31. The number of fused-ring (bicyclic) bond motifs is 6. The lowest BCUT2D eigenvalue weighted by atomic mass is 9.67. The van der Waals surface area contributed by atoms with Crippen molar-refractivity contribution >= 4 is 34.2 Å². The number of hydrogen-bond donors (Lipinski definition) is 1. The SMILES string of the molecule is COCc1cc(OCC[C@]23CC[C@](C)(O2)[C@@H]2C(=O)N(c4ccc(C#N)c5ccccc45)C(=O)[C@@H]23)nc(N)n1. The molecule has 0 saturated carbocycles. The molecule has 3 fully saturated rings. The van der Waals surface area contributed by atoms with Crippen molar-refractivity contribution in [3.05, 3.63) is 53.7 Å². The third-order valence-electron chi connectivity index (χ3n) is 8.11. The minimum absolute atomic E-state index is 0.0835. The number of anilines is 2. The lowest BCUT2D eigenvalue weighted by Crippen LogP contribution is -2.43. The number of carbonyl (C=O) groups excluding carboxylic acids is 2. The third kappa shape index (κ3) is 3.54. The standard InChI is InChI=1S/C28H27N5O5/c1-27-9-10-28(38-27,11-12-37-21-13-17(15-36-2)31-26(30)32-21)23-22(27)24(34)33(25(23)35)20-8-7-16(14-29)18-5-3-4-6-19(18)20/h3-8,13,22-23H,9-12,15H2,1-2H3,(H2,30,31,32)/t22-,23+,27-,28-/m0/s1. The minimum atomic E-state index is -0.822. The third-order valence-corrected chi connectivity index (χ3v) is 8.11. The second kappa shape index (κ2) is 8.75. The Morgan fingerprint density at radius 1 is 1.13 bits per heavy atom. The summed E-state index contributed by atoms with van der Waals surface area (Å²) >= 11 is 0. The molecule has 2 aromatic carbocycles. The average Bonchev–Trinajstić information content (AvgIpc) is 3.47. The fraction of sp³-hybridized carbons (Fsp3) is 0.393. The first-order chi connectivity index (χ1) is 18.3. The molecule has 1 aromatic heterocycles. The molecule has 10 heteroatoms. The maximum absolute atomic E-state index is 14.0. The van der Waals surface area contributed by atoms with Gasteiger partial charge in [0, 0.05) is 30.4 Å². The van der Waals surface area contributed by atoms with Gasteiger partial charge in [-0.15, -0.1) is 0 Å². The average molecular weight is 514 g/mol. The largest absolute Gasteiger partial charge is 0.477 e. The van der Waals surface area contributed by atoms with Crippen LogP contribution in [0.2, 0.25) is 0 Å². The smallest absolute Gasteiger partial charge is 0.240 e. The van der Waals surface area contributed by atoms with E-state index >= 15 is 0 Å². The molecule has 0 unspecified atom stereocenters. The van der Waals surface area contributed by atoms with Crippen molar-refractivity contribution in [3.63, 3.8) is 0 Å². The van der Waals surface area contributed by atoms with E-state index in [1.165, 1.54) is 4.90 Å². The predicted octanol–water partition coefficient (Wildman–Crippen LogP) is 3.13. The summed E-state index contributed by atoms with van der Waals surface area (Å²) in [5.74, 6) is -1.33. The highest BCUT2D eigenvalue weighted by molar-refractivity contribution is 6.26. The van der Waals surface area contributed by atoms with Crippen LogP contribution in [0.15, 0.2) is 42.5 Å². The molecule has 0 radical (unpaired) electrons. The van der Waals surface area contributed by atoms with Gasteiger partial charge < -0.3 is 19.9 Å². The first-order valence-corrected chi connectivity index (χ1v) is 12.6. The fourth-order valence-electron chi connectivity index (χ4n) is 6.54. The summed E-state index contributed by atoms with van der Waals surface area (Å²) in [5.41, 5.74) is 5.84. The van der Waals surface area contributed by atoms with E-state index in [0.717, 1.165) is 0 Å². The van der Waals surface area contributed by atoms with Crippen molar-refractivity contribution in [2.24, 2.45) is 11.8 Å². The molecule has 4 atom stereocenters. The first-order valence-electron chi connectivity index (χ1n) is 12.6. The Morgan fingerprint density at radius 3 is 2.66 bits per heavy atom. The molecule has 38 heavy (non-hydrogen) atoms. The number of benzene rings is 2. The summed E-state index contributed by atoms with van der Waals surface area (Å²) in [5, 5.41) is 10.9.